The molecule has 0 bridgehead atoms. The van der Waals surface area contributed by atoms with Gasteiger partial charge < -0.3 is 5.73 Å². The van der Waals surface area contributed by atoms with E-state index < -0.39 is 0 Å². The van der Waals surface area contributed by atoms with E-state index in [1.54, 1.807) is 0 Å². The Balaban J connectivity index is 2.00. The third-order valence-electron chi connectivity index (χ3n) is 2.21. The fourth-order valence-electron chi connectivity index (χ4n) is 1.50. The molecule has 0 radical (unpaired) electrons. The largest absolute Gasteiger partial charge is 0.330 e. The van der Waals surface area contributed by atoms with Crippen LogP contribution in [0.4, 0.5) is 0 Å². The lowest BCUT2D eigenvalue weighted by Crippen LogP contribution is -2.47. The van der Waals surface area contributed by atoms with Gasteiger partial charge in [0.2, 0.25) is 0 Å². The first kappa shape index (κ1) is 8.75. The Hall–Kier alpha value is -0.340. The van der Waals surface area contributed by atoms with Gasteiger partial charge in [-0.15, -0.1) is 0 Å². The lowest BCUT2D eigenvalue weighted by Gasteiger charge is -2.38. The summed E-state index contributed by atoms with van der Waals surface area (Å²) in [6.45, 7) is 6.54. The molecule has 0 aromatic heterocycles. The van der Waals surface area contributed by atoms with Crippen molar-refractivity contribution in [1.29, 1.82) is 0 Å². The average molecular weight is 154 g/mol. The molecular weight excluding hydrogens is 136 g/mol. The summed E-state index contributed by atoms with van der Waals surface area (Å²) in [6, 6.07) is 0. The zero-order valence-electron chi connectivity index (χ0n) is 7.29. The maximum absolute atomic E-state index is 5.45. The fourth-order valence-corrected chi connectivity index (χ4v) is 1.50. The van der Waals surface area contributed by atoms with Gasteiger partial charge in [0.05, 0.1) is 0 Å². The van der Waals surface area contributed by atoms with Crippen LogP contribution in [0.25, 0.3) is 0 Å². The molecule has 0 amide bonds. The Morgan fingerprint density at radius 2 is 2.27 bits per heavy atom. The molecule has 11 heavy (non-hydrogen) atoms. The van der Waals surface area contributed by atoms with Gasteiger partial charge in [0, 0.05) is 19.6 Å². The molecule has 0 aliphatic carbocycles. The Kier molecular flexibility index (Phi) is 3.60. The average Bonchev–Trinajstić information content (AvgIpc) is 1.94. The van der Waals surface area contributed by atoms with Gasteiger partial charge in [-0.2, -0.15) is 0 Å². The third-order valence-corrected chi connectivity index (χ3v) is 2.21. The predicted molar refractivity (Wildman–Crippen MR) is 48.4 cm³/mol. The zero-order valence-corrected chi connectivity index (χ0v) is 7.29. The summed E-state index contributed by atoms with van der Waals surface area (Å²) < 4.78 is 0. The number of allylic oxidation sites excluding steroid dienone is 1. The molecule has 2 nitrogen and oxygen atoms in total. The molecule has 1 rings (SSSR count). The maximum Gasteiger partial charge on any atom is 0.0163 e. The summed E-state index contributed by atoms with van der Waals surface area (Å²) in [4.78, 5) is 2.44. The molecule has 1 fully saturated rings. The van der Waals surface area contributed by atoms with E-state index in [9.17, 15) is 0 Å². The van der Waals surface area contributed by atoms with Crippen LogP contribution in [0.15, 0.2) is 12.2 Å². The highest BCUT2D eigenvalue weighted by Crippen LogP contribution is 2.17. The first-order chi connectivity index (χ1) is 5.36. The number of nitrogens with zero attached hydrogens (tertiary/aromatic N) is 1. The van der Waals surface area contributed by atoms with Gasteiger partial charge in [0.15, 0.2) is 0 Å². The Morgan fingerprint density at radius 1 is 1.55 bits per heavy atom. The van der Waals surface area contributed by atoms with Crippen molar-refractivity contribution in [1.82, 2.24) is 4.90 Å². The van der Waals surface area contributed by atoms with Crippen LogP contribution >= 0.6 is 0 Å². The van der Waals surface area contributed by atoms with Crippen LogP contribution in [-0.4, -0.2) is 31.1 Å². The fraction of sp³-hybridized carbons (Fsp3) is 0.778. The van der Waals surface area contributed by atoms with Gasteiger partial charge in [0.25, 0.3) is 0 Å². The number of nitrogens with two attached hydrogens (primary N) is 1. The molecule has 1 aliphatic rings. The highest BCUT2D eigenvalue weighted by molar-refractivity contribution is 4.87. The Morgan fingerprint density at radius 3 is 2.82 bits per heavy atom. The molecule has 64 valence electrons. The molecule has 1 saturated heterocycles. The quantitative estimate of drug-likeness (QED) is 0.608. The summed E-state index contributed by atoms with van der Waals surface area (Å²) in [5, 5.41) is 0. The van der Waals surface area contributed by atoms with E-state index in [1.807, 2.05) is 0 Å². The number of hydrogen-bond acceptors (Lipinski definition) is 2. The lowest BCUT2D eigenvalue weighted by atomic mass is 9.96. The summed E-state index contributed by atoms with van der Waals surface area (Å²) in [5.74, 6) is 0.880. The van der Waals surface area contributed by atoms with E-state index in [2.05, 4.69) is 24.0 Å². The molecule has 0 aromatic carbocycles. The normalized spacial score (nSPS) is 20.9. The van der Waals surface area contributed by atoms with E-state index in [4.69, 9.17) is 5.73 Å². The van der Waals surface area contributed by atoms with Crippen molar-refractivity contribution in [3.05, 3.63) is 12.2 Å². The van der Waals surface area contributed by atoms with Gasteiger partial charge in [-0.1, -0.05) is 12.2 Å². The number of hydrogen-bond donors (Lipinski definition) is 1. The van der Waals surface area contributed by atoms with E-state index in [-0.39, 0.29) is 0 Å². The van der Waals surface area contributed by atoms with Crippen molar-refractivity contribution in [2.75, 3.05) is 26.2 Å². The zero-order chi connectivity index (χ0) is 8.10. The second kappa shape index (κ2) is 4.52. The van der Waals surface area contributed by atoms with Gasteiger partial charge >= 0.3 is 0 Å². The van der Waals surface area contributed by atoms with Crippen LogP contribution in [0.2, 0.25) is 0 Å². The van der Waals surface area contributed by atoms with Crippen molar-refractivity contribution in [2.45, 2.75) is 13.3 Å². The van der Waals surface area contributed by atoms with Crippen LogP contribution in [0.1, 0.15) is 13.3 Å². The first-order valence-corrected chi connectivity index (χ1v) is 4.40. The van der Waals surface area contributed by atoms with Crippen LogP contribution in [0.3, 0.4) is 0 Å². The molecule has 2 heteroatoms. The van der Waals surface area contributed by atoms with E-state index in [1.165, 1.54) is 19.5 Å². The van der Waals surface area contributed by atoms with Crippen molar-refractivity contribution in [3.63, 3.8) is 0 Å². The minimum atomic E-state index is 0.849. The maximum atomic E-state index is 5.45. The summed E-state index contributed by atoms with van der Waals surface area (Å²) in [7, 11) is 0. The summed E-state index contributed by atoms with van der Waals surface area (Å²) in [6.07, 6.45) is 5.52. The van der Waals surface area contributed by atoms with Crippen molar-refractivity contribution in [3.8, 4) is 0 Å². The molecule has 1 aliphatic heterocycles. The van der Waals surface area contributed by atoms with E-state index >= 15 is 0 Å². The van der Waals surface area contributed by atoms with Gasteiger partial charge in [-0.25, -0.2) is 0 Å². The third kappa shape index (κ3) is 2.64. The summed E-state index contributed by atoms with van der Waals surface area (Å²) >= 11 is 0. The van der Waals surface area contributed by atoms with Crippen LogP contribution in [0.5, 0.6) is 0 Å². The molecule has 0 spiro atoms. The van der Waals surface area contributed by atoms with Crippen molar-refractivity contribution < 1.29 is 0 Å². The van der Waals surface area contributed by atoms with Crippen molar-refractivity contribution in [2.24, 2.45) is 11.7 Å². The Labute approximate surface area is 69.1 Å². The number of rotatable bonds is 4. The van der Waals surface area contributed by atoms with Gasteiger partial charge in [-0.05, 0) is 25.8 Å². The monoisotopic (exact) mass is 154 g/mol. The van der Waals surface area contributed by atoms with Crippen molar-refractivity contribution >= 4 is 0 Å². The molecule has 0 atom stereocenters. The molecular formula is C9H18N2. The smallest absolute Gasteiger partial charge is 0.0163 e. The van der Waals surface area contributed by atoms with Crippen LogP contribution in [0, 0.1) is 5.92 Å². The highest BCUT2D eigenvalue weighted by atomic mass is 15.2. The second-order valence-corrected chi connectivity index (χ2v) is 3.23. The molecule has 1 heterocycles. The van der Waals surface area contributed by atoms with E-state index in [0.717, 1.165) is 19.0 Å². The molecule has 0 aromatic rings. The lowest BCUT2D eigenvalue weighted by molar-refractivity contribution is 0.111. The van der Waals surface area contributed by atoms with Gasteiger partial charge in [0.1, 0.15) is 0 Å². The summed E-state index contributed by atoms with van der Waals surface area (Å²) in [5.41, 5.74) is 5.45. The van der Waals surface area contributed by atoms with Gasteiger partial charge in [-0.3, -0.25) is 4.90 Å². The first-order valence-electron chi connectivity index (χ1n) is 4.40. The minimum Gasteiger partial charge on any atom is -0.330 e. The minimum absolute atomic E-state index is 0.849. The standard InChI is InChI=1S/C9H18N2/c1-2-3-6-11-7-9(8-11)4-5-10/h2-3,9H,4-8,10H2,1H3/b3-2+. The number of likely N-dealkylation sites (tertiary alicyclic amines) is 1. The molecule has 0 unspecified atom stereocenters. The topological polar surface area (TPSA) is 29.3 Å². The highest BCUT2D eigenvalue weighted by Gasteiger charge is 2.23. The Bertz CT molecular complexity index is 126. The second-order valence-electron chi connectivity index (χ2n) is 3.23. The molecule has 0 saturated carbocycles. The van der Waals surface area contributed by atoms with E-state index in [0.29, 0.717) is 0 Å². The molecule has 2 N–H and O–H groups in total. The predicted octanol–water partition coefficient (Wildman–Crippen LogP) is 0.843. The SMILES string of the molecule is C/C=C/CN1CC(CCN)C1. The van der Waals surface area contributed by atoms with Crippen LogP contribution < -0.4 is 5.73 Å². The van der Waals surface area contributed by atoms with Crippen LogP contribution in [-0.2, 0) is 0 Å².